The second-order valence-electron chi connectivity index (χ2n) is 10.7. The van der Waals surface area contributed by atoms with Crippen LogP contribution < -0.4 is 15.0 Å². The summed E-state index contributed by atoms with van der Waals surface area (Å²) in [5, 5.41) is 3.34. The molecule has 0 spiro atoms. The molecule has 42 heavy (non-hydrogen) atoms. The van der Waals surface area contributed by atoms with E-state index >= 15 is 0 Å². The Bertz CT molecular complexity index is 1390. The van der Waals surface area contributed by atoms with Crippen molar-refractivity contribution in [3.8, 4) is 5.75 Å². The molecule has 2 saturated heterocycles. The molecular weight excluding hydrogens is 553 g/mol. The Morgan fingerprint density at radius 1 is 0.833 bits per heavy atom. The third-order valence-corrected chi connectivity index (χ3v) is 7.83. The SMILES string of the molecule is C=C(NC1CCN(C(=O)c2ccc(F)cc2)CC1)c1ccc(OC2CCN(c3ccc(C(F)(F)F)cc3)CC2)c(F)c1. The van der Waals surface area contributed by atoms with Crippen LogP contribution in [0.1, 0.15) is 47.2 Å². The number of nitrogens with zero attached hydrogens (tertiary/aromatic N) is 2. The number of amides is 1. The van der Waals surface area contributed by atoms with Crippen molar-refractivity contribution in [1.82, 2.24) is 10.2 Å². The van der Waals surface area contributed by atoms with Crippen molar-refractivity contribution in [1.29, 1.82) is 0 Å². The largest absolute Gasteiger partial charge is 0.487 e. The number of hydrogen-bond acceptors (Lipinski definition) is 4. The average Bonchev–Trinajstić information content (AvgIpc) is 2.98. The number of carbonyl (C=O) groups excluding carboxylic acids is 1. The van der Waals surface area contributed by atoms with Gasteiger partial charge in [-0.2, -0.15) is 13.2 Å². The molecule has 2 heterocycles. The van der Waals surface area contributed by atoms with E-state index < -0.39 is 17.6 Å². The number of carbonyl (C=O) groups is 1. The van der Waals surface area contributed by atoms with Gasteiger partial charge in [0.15, 0.2) is 11.6 Å². The van der Waals surface area contributed by atoms with E-state index in [1.54, 1.807) is 17.0 Å². The van der Waals surface area contributed by atoms with Crippen LogP contribution in [-0.4, -0.2) is 49.1 Å². The first-order valence-corrected chi connectivity index (χ1v) is 14.0. The van der Waals surface area contributed by atoms with Crippen LogP contribution >= 0.6 is 0 Å². The Labute approximate surface area is 241 Å². The summed E-state index contributed by atoms with van der Waals surface area (Å²) >= 11 is 0. The highest BCUT2D eigenvalue weighted by Crippen LogP contribution is 2.32. The number of piperidine rings is 2. The van der Waals surface area contributed by atoms with Crippen LogP contribution in [0.5, 0.6) is 5.75 Å². The van der Waals surface area contributed by atoms with Crippen molar-refractivity contribution >= 4 is 17.3 Å². The van der Waals surface area contributed by atoms with Crippen LogP contribution in [0.2, 0.25) is 0 Å². The number of ether oxygens (including phenoxy) is 1. The Kier molecular flexibility index (Phi) is 8.70. The molecule has 0 radical (unpaired) electrons. The predicted molar refractivity (Wildman–Crippen MR) is 151 cm³/mol. The first-order chi connectivity index (χ1) is 20.1. The lowest BCUT2D eigenvalue weighted by Crippen LogP contribution is -2.44. The summed E-state index contributed by atoms with van der Waals surface area (Å²) in [6.45, 7) is 6.33. The maximum absolute atomic E-state index is 15.0. The molecule has 10 heteroatoms. The van der Waals surface area contributed by atoms with E-state index in [4.69, 9.17) is 4.74 Å². The molecule has 1 N–H and O–H groups in total. The van der Waals surface area contributed by atoms with Gasteiger partial charge in [-0.15, -0.1) is 0 Å². The van der Waals surface area contributed by atoms with Crippen molar-refractivity contribution < 1.29 is 31.5 Å². The van der Waals surface area contributed by atoms with Crippen LogP contribution in [0.3, 0.4) is 0 Å². The average molecular weight is 586 g/mol. The number of nitrogens with one attached hydrogen (secondary N) is 1. The molecule has 5 nitrogen and oxygen atoms in total. The highest BCUT2D eigenvalue weighted by Gasteiger charge is 2.30. The van der Waals surface area contributed by atoms with E-state index in [1.165, 1.54) is 42.5 Å². The van der Waals surface area contributed by atoms with E-state index in [0.717, 1.165) is 12.1 Å². The maximum Gasteiger partial charge on any atom is 0.416 e. The Hall–Kier alpha value is -4.08. The number of hydrogen-bond donors (Lipinski definition) is 1. The standard InChI is InChI=1S/C32H32F5N3O2/c1-21(38-26-12-16-40(17-13-26)31(41)22-2-7-25(33)8-3-22)23-4-11-30(29(34)20-23)42-28-14-18-39(19-15-28)27-9-5-24(6-10-27)32(35,36)37/h2-11,20,26,28,38H,1,12-19H2. The molecule has 0 saturated carbocycles. The lowest BCUT2D eigenvalue weighted by atomic mass is 10.0. The minimum atomic E-state index is -4.37. The van der Waals surface area contributed by atoms with Gasteiger partial charge in [-0.05, 0) is 79.6 Å². The number of anilines is 1. The van der Waals surface area contributed by atoms with Gasteiger partial charge in [-0.3, -0.25) is 4.79 Å². The zero-order valence-corrected chi connectivity index (χ0v) is 23.0. The smallest absolute Gasteiger partial charge is 0.416 e. The lowest BCUT2D eigenvalue weighted by molar-refractivity contribution is -0.137. The lowest BCUT2D eigenvalue weighted by Gasteiger charge is -2.34. The fraction of sp³-hybridized carbons (Fsp3) is 0.344. The predicted octanol–water partition coefficient (Wildman–Crippen LogP) is 6.90. The van der Waals surface area contributed by atoms with Crippen LogP contribution in [0, 0.1) is 11.6 Å². The van der Waals surface area contributed by atoms with E-state index in [1.807, 2.05) is 4.90 Å². The van der Waals surface area contributed by atoms with Gasteiger partial charge in [-0.1, -0.05) is 6.58 Å². The summed E-state index contributed by atoms with van der Waals surface area (Å²) in [6, 6.07) is 15.4. The van der Waals surface area contributed by atoms with Crippen LogP contribution in [-0.2, 0) is 6.18 Å². The second-order valence-corrected chi connectivity index (χ2v) is 10.7. The fourth-order valence-electron chi connectivity index (χ4n) is 5.39. The molecule has 2 aliphatic heterocycles. The number of alkyl halides is 3. The molecule has 3 aromatic carbocycles. The van der Waals surface area contributed by atoms with Crippen LogP contribution in [0.25, 0.3) is 5.70 Å². The molecular formula is C32H32F5N3O2. The molecule has 1 amide bonds. The highest BCUT2D eigenvalue weighted by atomic mass is 19.4. The van der Waals surface area contributed by atoms with Gasteiger partial charge in [0, 0.05) is 67.6 Å². The molecule has 222 valence electrons. The van der Waals surface area contributed by atoms with Crippen LogP contribution in [0.4, 0.5) is 27.6 Å². The molecule has 0 atom stereocenters. The Morgan fingerprint density at radius 3 is 2.05 bits per heavy atom. The monoisotopic (exact) mass is 585 g/mol. The van der Waals surface area contributed by atoms with Crippen molar-refractivity contribution in [3.63, 3.8) is 0 Å². The normalized spacial score (nSPS) is 16.8. The van der Waals surface area contributed by atoms with Gasteiger partial charge >= 0.3 is 6.18 Å². The second kappa shape index (κ2) is 12.4. The van der Waals surface area contributed by atoms with E-state index in [9.17, 15) is 26.7 Å². The van der Waals surface area contributed by atoms with Crippen molar-refractivity contribution in [2.45, 2.75) is 44.0 Å². The van der Waals surface area contributed by atoms with Crippen molar-refractivity contribution in [2.75, 3.05) is 31.1 Å². The number of likely N-dealkylation sites (tertiary alicyclic amines) is 1. The van der Waals surface area contributed by atoms with Crippen molar-refractivity contribution in [2.24, 2.45) is 0 Å². The molecule has 2 fully saturated rings. The molecule has 2 aliphatic rings. The van der Waals surface area contributed by atoms with Gasteiger partial charge < -0.3 is 19.9 Å². The number of halogens is 5. The fourth-order valence-corrected chi connectivity index (χ4v) is 5.39. The summed E-state index contributed by atoms with van der Waals surface area (Å²) in [5.41, 5.74) is 1.67. The first-order valence-electron chi connectivity index (χ1n) is 14.0. The zero-order chi connectivity index (χ0) is 29.9. The Balaban J connectivity index is 1.08. The molecule has 0 aromatic heterocycles. The third kappa shape index (κ3) is 7.03. The molecule has 0 bridgehead atoms. The number of rotatable bonds is 7. The molecule has 0 aliphatic carbocycles. The van der Waals surface area contributed by atoms with Gasteiger partial charge in [0.05, 0.1) is 5.56 Å². The molecule has 0 unspecified atom stereocenters. The summed E-state index contributed by atoms with van der Waals surface area (Å²) in [4.78, 5) is 16.4. The minimum absolute atomic E-state index is 0.0728. The summed E-state index contributed by atoms with van der Waals surface area (Å²) < 4.78 is 72.6. The van der Waals surface area contributed by atoms with Gasteiger partial charge in [0.25, 0.3) is 5.91 Å². The van der Waals surface area contributed by atoms with Crippen molar-refractivity contribution in [3.05, 3.63) is 102 Å². The first kappa shape index (κ1) is 29.4. The maximum atomic E-state index is 15.0. The van der Waals surface area contributed by atoms with Gasteiger partial charge in [0.1, 0.15) is 11.9 Å². The van der Waals surface area contributed by atoms with E-state index in [-0.39, 0.29) is 29.6 Å². The van der Waals surface area contributed by atoms with E-state index in [2.05, 4.69) is 11.9 Å². The molecule has 3 aromatic rings. The molecule has 5 rings (SSSR count). The minimum Gasteiger partial charge on any atom is -0.487 e. The zero-order valence-electron chi connectivity index (χ0n) is 23.0. The summed E-state index contributed by atoms with van der Waals surface area (Å²) in [7, 11) is 0. The summed E-state index contributed by atoms with van der Waals surface area (Å²) in [5.74, 6) is -0.869. The topological polar surface area (TPSA) is 44.8 Å². The van der Waals surface area contributed by atoms with E-state index in [0.29, 0.717) is 74.4 Å². The highest BCUT2D eigenvalue weighted by molar-refractivity contribution is 5.94. The number of benzene rings is 3. The van der Waals surface area contributed by atoms with Gasteiger partial charge in [0.2, 0.25) is 0 Å². The summed E-state index contributed by atoms with van der Waals surface area (Å²) in [6.07, 6.45) is -1.96. The third-order valence-electron chi connectivity index (χ3n) is 7.83. The van der Waals surface area contributed by atoms with Crippen LogP contribution in [0.15, 0.2) is 73.3 Å². The van der Waals surface area contributed by atoms with Gasteiger partial charge in [-0.25, -0.2) is 8.78 Å². The Morgan fingerprint density at radius 2 is 1.45 bits per heavy atom. The quantitative estimate of drug-likeness (QED) is 0.307.